The molecule has 5 heteroatoms. The predicted molar refractivity (Wildman–Crippen MR) is 87.1 cm³/mol. The molecule has 23 heavy (non-hydrogen) atoms. The van der Waals surface area contributed by atoms with Crippen LogP contribution in [0.4, 0.5) is 5.69 Å². The molecule has 5 nitrogen and oxygen atoms in total. The Balaban J connectivity index is 1.79. The van der Waals surface area contributed by atoms with Crippen molar-refractivity contribution in [3.05, 3.63) is 42.0 Å². The summed E-state index contributed by atoms with van der Waals surface area (Å²) in [5.74, 6) is -0.451. The van der Waals surface area contributed by atoms with Crippen LogP contribution in [0.5, 0.6) is 0 Å². The third kappa shape index (κ3) is 5.36. The fourth-order valence-corrected chi connectivity index (χ4v) is 2.36. The summed E-state index contributed by atoms with van der Waals surface area (Å²) in [5, 5.41) is 2.71. The van der Waals surface area contributed by atoms with Crippen molar-refractivity contribution < 1.29 is 19.1 Å². The summed E-state index contributed by atoms with van der Waals surface area (Å²) in [5.41, 5.74) is 1.09. The molecule has 0 fully saturated rings. The minimum atomic E-state index is -0.346. The quantitative estimate of drug-likeness (QED) is 0.477. The fraction of sp³-hybridized carbons (Fsp3) is 0.389. The zero-order chi connectivity index (χ0) is 16.7. The van der Waals surface area contributed by atoms with Crippen LogP contribution >= 0.6 is 0 Å². The lowest BCUT2D eigenvalue weighted by molar-refractivity contribution is -0.143. The molecule has 1 amide bonds. The number of nitrogens with one attached hydrogen (secondary N) is 1. The molecule has 0 aromatic heterocycles. The Bertz CT molecular complexity index is 604. The molecule has 1 aliphatic carbocycles. The van der Waals surface area contributed by atoms with Crippen LogP contribution in [-0.2, 0) is 14.3 Å². The second-order valence-corrected chi connectivity index (χ2v) is 5.53. The lowest BCUT2D eigenvalue weighted by atomic mass is 10.1. The minimum Gasteiger partial charge on any atom is -0.457 e. The monoisotopic (exact) mass is 315 g/mol. The topological polar surface area (TPSA) is 72.5 Å². The van der Waals surface area contributed by atoms with Gasteiger partial charge in [0.25, 0.3) is 0 Å². The zero-order valence-corrected chi connectivity index (χ0v) is 13.2. The van der Waals surface area contributed by atoms with E-state index in [0.717, 1.165) is 12.8 Å². The molecular weight excluding hydrogens is 294 g/mol. The van der Waals surface area contributed by atoms with Crippen molar-refractivity contribution in [3.63, 3.8) is 0 Å². The molecule has 0 bridgehead atoms. The zero-order valence-electron chi connectivity index (χ0n) is 13.2. The molecule has 0 unspecified atom stereocenters. The van der Waals surface area contributed by atoms with Crippen LogP contribution in [0.1, 0.15) is 43.0 Å². The van der Waals surface area contributed by atoms with Crippen molar-refractivity contribution in [2.24, 2.45) is 5.92 Å². The van der Waals surface area contributed by atoms with E-state index in [1.54, 1.807) is 31.2 Å². The maximum atomic E-state index is 12.0. The fourth-order valence-electron chi connectivity index (χ4n) is 2.36. The highest BCUT2D eigenvalue weighted by atomic mass is 16.5. The van der Waals surface area contributed by atoms with E-state index in [9.17, 15) is 14.4 Å². The van der Waals surface area contributed by atoms with Gasteiger partial charge in [-0.05, 0) is 43.0 Å². The van der Waals surface area contributed by atoms with Crippen molar-refractivity contribution in [2.45, 2.75) is 32.6 Å². The Labute approximate surface area is 135 Å². The van der Waals surface area contributed by atoms with E-state index in [4.69, 9.17) is 4.74 Å². The number of amides is 1. The van der Waals surface area contributed by atoms with Gasteiger partial charge >= 0.3 is 5.97 Å². The first kappa shape index (κ1) is 16.9. The molecule has 0 saturated carbocycles. The molecule has 0 saturated heterocycles. The van der Waals surface area contributed by atoms with Crippen LogP contribution in [0.25, 0.3) is 0 Å². The number of ketones is 1. The second-order valence-electron chi connectivity index (χ2n) is 5.53. The van der Waals surface area contributed by atoms with E-state index in [1.807, 2.05) is 6.08 Å². The number of hydrogen-bond donors (Lipinski definition) is 1. The van der Waals surface area contributed by atoms with Crippen molar-refractivity contribution in [1.82, 2.24) is 0 Å². The lowest BCUT2D eigenvalue weighted by Gasteiger charge is -2.08. The Morgan fingerprint density at radius 2 is 1.96 bits per heavy atom. The van der Waals surface area contributed by atoms with E-state index in [2.05, 4.69) is 11.4 Å². The number of carbonyl (C=O) groups excluding carboxylic acids is 3. The first-order valence-corrected chi connectivity index (χ1v) is 7.84. The van der Waals surface area contributed by atoms with Gasteiger partial charge in [0, 0.05) is 17.7 Å². The SMILES string of the molecule is CCC(=O)Nc1ccc(C(=O)COC(=O)C[C@H]2C=CCC2)cc1. The molecule has 0 radical (unpaired) electrons. The molecule has 1 atom stereocenters. The first-order chi connectivity index (χ1) is 11.1. The van der Waals surface area contributed by atoms with Crippen molar-refractivity contribution in [3.8, 4) is 0 Å². The van der Waals surface area contributed by atoms with E-state index in [0.29, 0.717) is 24.1 Å². The Kier molecular flexibility index (Phi) is 6.09. The maximum Gasteiger partial charge on any atom is 0.306 e. The Morgan fingerprint density at radius 1 is 1.22 bits per heavy atom. The Hall–Kier alpha value is -2.43. The minimum absolute atomic E-state index is 0.0843. The largest absolute Gasteiger partial charge is 0.457 e. The van der Waals surface area contributed by atoms with Crippen molar-refractivity contribution in [2.75, 3.05) is 11.9 Å². The number of benzene rings is 1. The summed E-state index contributed by atoms with van der Waals surface area (Å²) < 4.78 is 5.04. The van der Waals surface area contributed by atoms with Gasteiger partial charge in [-0.25, -0.2) is 0 Å². The van der Waals surface area contributed by atoms with Gasteiger partial charge in [0.05, 0.1) is 6.42 Å². The standard InChI is InChI=1S/C18H21NO4/c1-2-17(21)19-15-9-7-14(8-10-15)16(20)12-23-18(22)11-13-5-3-4-6-13/h3,5,7-10,13H,2,4,6,11-12H2,1H3,(H,19,21)/t13-/m0/s1. The smallest absolute Gasteiger partial charge is 0.306 e. The van der Waals surface area contributed by atoms with Crippen molar-refractivity contribution >= 4 is 23.3 Å². The average molecular weight is 315 g/mol. The summed E-state index contributed by atoms with van der Waals surface area (Å²) in [7, 11) is 0. The van der Waals surface area contributed by atoms with E-state index in [-0.39, 0.29) is 30.2 Å². The van der Waals surface area contributed by atoms with Crippen LogP contribution < -0.4 is 5.32 Å². The maximum absolute atomic E-state index is 12.0. The number of rotatable bonds is 7. The highest BCUT2D eigenvalue weighted by Gasteiger charge is 2.16. The van der Waals surface area contributed by atoms with Crippen molar-refractivity contribution in [1.29, 1.82) is 0 Å². The van der Waals surface area contributed by atoms with Crippen LogP contribution in [-0.4, -0.2) is 24.3 Å². The van der Waals surface area contributed by atoms with E-state index < -0.39 is 0 Å². The number of allylic oxidation sites excluding steroid dienone is 2. The van der Waals surface area contributed by atoms with Crippen LogP contribution in [0, 0.1) is 5.92 Å². The molecular formula is C18H21NO4. The van der Waals surface area contributed by atoms with Crippen LogP contribution in [0.15, 0.2) is 36.4 Å². The summed E-state index contributed by atoms with van der Waals surface area (Å²) in [6, 6.07) is 6.54. The molecule has 1 aromatic rings. The van der Waals surface area contributed by atoms with Gasteiger partial charge in [-0.15, -0.1) is 0 Å². The molecule has 1 aromatic carbocycles. The first-order valence-electron chi connectivity index (χ1n) is 7.84. The van der Waals surface area contributed by atoms with Gasteiger partial charge in [0.1, 0.15) is 0 Å². The summed E-state index contributed by atoms with van der Waals surface area (Å²) >= 11 is 0. The summed E-state index contributed by atoms with van der Waals surface area (Å²) in [6.07, 6.45) is 6.76. The van der Waals surface area contributed by atoms with Gasteiger partial charge in [0.2, 0.25) is 5.91 Å². The molecule has 0 heterocycles. The number of carbonyl (C=O) groups is 3. The number of ether oxygens (including phenoxy) is 1. The second kappa shape index (κ2) is 8.27. The van der Waals surface area contributed by atoms with Gasteiger partial charge in [-0.1, -0.05) is 19.1 Å². The third-order valence-corrected chi connectivity index (χ3v) is 3.72. The highest BCUT2D eigenvalue weighted by Crippen LogP contribution is 2.20. The third-order valence-electron chi connectivity index (χ3n) is 3.72. The van der Waals surface area contributed by atoms with E-state index >= 15 is 0 Å². The average Bonchev–Trinajstić information content (AvgIpc) is 3.06. The van der Waals surface area contributed by atoms with Gasteiger partial charge in [-0.3, -0.25) is 14.4 Å². The van der Waals surface area contributed by atoms with Crippen LogP contribution in [0.3, 0.4) is 0 Å². The molecule has 0 spiro atoms. The molecule has 0 aliphatic heterocycles. The highest BCUT2D eigenvalue weighted by molar-refractivity contribution is 5.98. The van der Waals surface area contributed by atoms with Gasteiger partial charge in [0.15, 0.2) is 12.4 Å². The van der Waals surface area contributed by atoms with Gasteiger partial charge < -0.3 is 10.1 Å². The lowest BCUT2D eigenvalue weighted by Crippen LogP contribution is -2.16. The van der Waals surface area contributed by atoms with E-state index in [1.165, 1.54) is 0 Å². The summed E-state index contributed by atoms with van der Waals surface area (Å²) in [6.45, 7) is 1.51. The number of hydrogen-bond acceptors (Lipinski definition) is 4. The molecule has 2 rings (SSSR count). The molecule has 1 N–H and O–H groups in total. The summed E-state index contributed by atoms with van der Waals surface area (Å²) in [4.78, 5) is 35.0. The number of esters is 1. The number of Topliss-reactive ketones (excluding diaryl/α,β-unsaturated/α-hetero) is 1. The predicted octanol–water partition coefficient (Wildman–Crippen LogP) is 3.12. The van der Waals surface area contributed by atoms with Gasteiger partial charge in [-0.2, -0.15) is 0 Å². The molecule has 1 aliphatic rings. The Morgan fingerprint density at radius 3 is 2.57 bits per heavy atom. The normalized spacial score (nSPS) is 16.1. The number of anilines is 1. The van der Waals surface area contributed by atoms with Crippen LogP contribution in [0.2, 0.25) is 0 Å². The molecule has 122 valence electrons.